The Hall–Kier alpha value is -0.280. The van der Waals surface area contributed by atoms with E-state index >= 15 is 0 Å². The van der Waals surface area contributed by atoms with Crippen molar-refractivity contribution >= 4 is 33.3 Å². The minimum Gasteiger partial charge on any atom is -0.369 e. The van der Waals surface area contributed by atoms with Gasteiger partial charge in [0.15, 0.2) is 0 Å². The summed E-state index contributed by atoms with van der Waals surface area (Å²) < 4.78 is 0.912. The molecule has 0 saturated heterocycles. The molecule has 4 heteroatoms. The van der Waals surface area contributed by atoms with Crippen molar-refractivity contribution < 1.29 is 0 Å². The van der Waals surface area contributed by atoms with Crippen LogP contribution in [0.1, 0.15) is 19.3 Å². The molecule has 1 saturated carbocycles. The maximum absolute atomic E-state index is 6.01. The van der Waals surface area contributed by atoms with E-state index in [1.807, 2.05) is 6.07 Å². The molecule has 0 aromatic carbocycles. The number of aromatic nitrogens is 1. The van der Waals surface area contributed by atoms with Gasteiger partial charge in [0, 0.05) is 17.2 Å². The maximum Gasteiger partial charge on any atom is 0.144 e. The number of hydrogen-bond donors (Lipinski definition) is 1. The van der Waals surface area contributed by atoms with E-state index < -0.39 is 0 Å². The Morgan fingerprint density at radius 2 is 2.36 bits per heavy atom. The lowest BCUT2D eigenvalue weighted by atomic mass is 10.3. The minimum absolute atomic E-state index is 0.676. The first-order valence-corrected chi connectivity index (χ1v) is 5.98. The average molecular weight is 276 g/mol. The standard InChI is InChI=1S/C10H12BrClN2/c11-8-5-9(12)10(14-6-8)13-4-3-7-1-2-7/h5-7H,1-4H2,(H,13,14). The molecule has 0 aliphatic heterocycles. The first kappa shape index (κ1) is 10.2. The van der Waals surface area contributed by atoms with Gasteiger partial charge in [0.25, 0.3) is 0 Å². The molecule has 1 aromatic heterocycles. The third-order valence-corrected chi connectivity index (χ3v) is 3.07. The van der Waals surface area contributed by atoms with Gasteiger partial charge in [-0.2, -0.15) is 0 Å². The Morgan fingerprint density at radius 1 is 1.57 bits per heavy atom. The normalized spacial score (nSPS) is 15.6. The number of halogens is 2. The van der Waals surface area contributed by atoms with Crippen LogP contribution >= 0.6 is 27.5 Å². The van der Waals surface area contributed by atoms with Gasteiger partial charge >= 0.3 is 0 Å². The van der Waals surface area contributed by atoms with E-state index in [9.17, 15) is 0 Å². The second-order valence-corrected chi connectivity index (χ2v) is 4.97. The summed E-state index contributed by atoms with van der Waals surface area (Å²) in [5.41, 5.74) is 0. The molecule has 0 unspecified atom stereocenters. The van der Waals surface area contributed by atoms with Crippen LogP contribution < -0.4 is 5.32 Å². The fourth-order valence-electron chi connectivity index (χ4n) is 1.35. The van der Waals surface area contributed by atoms with Gasteiger partial charge in [-0.05, 0) is 34.3 Å². The smallest absolute Gasteiger partial charge is 0.144 e. The fraction of sp³-hybridized carbons (Fsp3) is 0.500. The van der Waals surface area contributed by atoms with Gasteiger partial charge in [0.2, 0.25) is 0 Å². The van der Waals surface area contributed by atoms with E-state index in [-0.39, 0.29) is 0 Å². The number of rotatable bonds is 4. The third-order valence-electron chi connectivity index (χ3n) is 2.35. The highest BCUT2D eigenvalue weighted by Gasteiger charge is 2.20. The zero-order chi connectivity index (χ0) is 9.97. The molecule has 0 spiro atoms. The second kappa shape index (κ2) is 4.49. The van der Waals surface area contributed by atoms with Crippen molar-refractivity contribution in [3.8, 4) is 0 Å². The number of nitrogens with one attached hydrogen (secondary N) is 1. The highest BCUT2D eigenvalue weighted by atomic mass is 79.9. The summed E-state index contributed by atoms with van der Waals surface area (Å²) in [6, 6.07) is 1.86. The molecule has 1 aliphatic rings. The number of pyridine rings is 1. The molecule has 1 N–H and O–H groups in total. The molecule has 76 valence electrons. The van der Waals surface area contributed by atoms with Gasteiger partial charge in [-0.25, -0.2) is 4.98 Å². The topological polar surface area (TPSA) is 24.9 Å². The first-order chi connectivity index (χ1) is 6.75. The molecular weight excluding hydrogens is 263 g/mol. The quantitative estimate of drug-likeness (QED) is 0.906. The molecule has 2 nitrogen and oxygen atoms in total. The van der Waals surface area contributed by atoms with E-state index in [0.29, 0.717) is 5.02 Å². The van der Waals surface area contributed by atoms with Gasteiger partial charge in [-0.15, -0.1) is 0 Å². The molecule has 1 aromatic rings. The highest BCUT2D eigenvalue weighted by molar-refractivity contribution is 9.10. The lowest BCUT2D eigenvalue weighted by Crippen LogP contribution is -2.04. The highest BCUT2D eigenvalue weighted by Crippen LogP contribution is 2.32. The Balaban J connectivity index is 1.87. The van der Waals surface area contributed by atoms with E-state index in [4.69, 9.17) is 11.6 Å². The van der Waals surface area contributed by atoms with Crippen LogP contribution in [-0.2, 0) is 0 Å². The van der Waals surface area contributed by atoms with Gasteiger partial charge in [-0.1, -0.05) is 24.4 Å². The lowest BCUT2D eigenvalue weighted by molar-refractivity contribution is 0.758. The molecule has 14 heavy (non-hydrogen) atoms. The van der Waals surface area contributed by atoms with Gasteiger partial charge in [-0.3, -0.25) is 0 Å². The largest absolute Gasteiger partial charge is 0.369 e. The number of nitrogens with zero attached hydrogens (tertiary/aromatic N) is 1. The maximum atomic E-state index is 6.01. The molecular formula is C10H12BrClN2. The van der Waals surface area contributed by atoms with Crippen molar-refractivity contribution in [1.29, 1.82) is 0 Å². The second-order valence-electron chi connectivity index (χ2n) is 3.64. The molecule has 0 bridgehead atoms. The summed E-state index contributed by atoms with van der Waals surface area (Å²) in [5.74, 6) is 1.73. The zero-order valence-corrected chi connectivity index (χ0v) is 10.1. The van der Waals surface area contributed by atoms with Crippen LogP contribution in [0.2, 0.25) is 5.02 Å². The Bertz CT molecular complexity index is 326. The molecule has 0 radical (unpaired) electrons. The summed E-state index contributed by atoms with van der Waals surface area (Å²) in [6.07, 6.45) is 5.77. The minimum atomic E-state index is 0.676. The van der Waals surface area contributed by atoms with Crippen molar-refractivity contribution in [2.45, 2.75) is 19.3 Å². The Kier molecular flexibility index (Phi) is 3.29. The average Bonchev–Trinajstić information content (AvgIpc) is 2.92. The zero-order valence-electron chi connectivity index (χ0n) is 7.76. The summed E-state index contributed by atoms with van der Waals surface area (Å²) in [5, 5.41) is 3.92. The summed E-state index contributed by atoms with van der Waals surface area (Å²) in [4.78, 5) is 4.21. The number of hydrogen-bond acceptors (Lipinski definition) is 2. The lowest BCUT2D eigenvalue weighted by Gasteiger charge is -2.06. The van der Waals surface area contributed by atoms with Crippen LogP contribution in [0.15, 0.2) is 16.7 Å². The Morgan fingerprint density at radius 3 is 3.00 bits per heavy atom. The van der Waals surface area contributed by atoms with Crippen LogP contribution in [0, 0.1) is 5.92 Å². The van der Waals surface area contributed by atoms with Crippen LogP contribution in [0.4, 0.5) is 5.82 Å². The van der Waals surface area contributed by atoms with E-state index in [2.05, 4.69) is 26.2 Å². The van der Waals surface area contributed by atoms with E-state index in [1.165, 1.54) is 19.3 Å². The van der Waals surface area contributed by atoms with Crippen LogP contribution in [-0.4, -0.2) is 11.5 Å². The third kappa shape index (κ3) is 2.85. The van der Waals surface area contributed by atoms with Crippen LogP contribution in [0.3, 0.4) is 0 Å². The van der Waals surface area contributed by atoms with Gasteiger partial charge in [0.1, 0.15) is 5.82 Å². The number of anilines is 1. The predicted octanol–water partition coefficient (Wildman–Crippen LogP) is 3.71. The SMILES string of the molecule is Clc1cc(Br)cnc1NCCC1CC1. The fourth-order valence-corrected chi connectivity index (χ4v) is 2.04. The van der Waals surface area contributed by atoms with Crippen molar-refractivity contribution in [2.24, 2.45) is 5.92 Å². The van der Waals surface area contributed by atoms with Crippen molar-refractivity contribution in [2.75, 3.05) is 11.9 Å². The summed E-state index contributed by atoms with van der Waals surface area (Å²) in [6.45, 7) is 0.971. The molecule has 1 fully saturated rings. The van der Waals surface area contributed by atoms with Crippen LogP contribution in [0.5, 0.6) is 0 Å². The summed E-state index contributed by atoms with van der Waals surface area (Å²) in [7, 11) is 0. The van der Waals surface area contributed by atoms with Gasteiger partial charge < -0.3 is 5.32 Å². The van der Waals surface area contributed by atoms with E-state index in [0.717, 1.165) is 22.8 Å². The monoisotopic (exact) mass is 274 g/mol. The molecule has 0 atom stereocenters. The molecule has 1 heterocycles. The van der Waals surface area contributed by atoms with Crippen molar-refractivity contribution in [3.63, 3.8) is 0 Å². The van der Waals surface area contributed by atoms with Gasteiger partial charge in [0.05, 0.1) is 5.02 Å². The van der Waals surface area contributed by atoms with Crippen molar-refractivity contribution in [3.05, 3.63) is 21.8 Å². The Labute approximate surface area is 97.2 Å². The summed E-state index contributed by atoms with van der Waals surface area (Å²) >= 11 is 9.33. The van der Waals surface area contributed by atoms with Crippen molar-refractivity contribution in [1.82, 2.24) is 4.98 Å². The van der Waals surface area contributed by atoms with E-state index in [1.54, 1.807) is 6.20 Å². The molecule has 1 aliphatic carbocycles. The first-order valence-electron chi connectivity index (χ1n) is 4.80. The molecule has 0 amide bonds. The molecule has 2 rings (SSSR count). The van der Waals surface area contributed by atoms with Crippen LogP contribution in [0.25, 0.3) is 0 Å². The predicted molar refractivity (Wildman–Crippen MR) is 62.8 cm³/mol.